The summed E-state index contributed by atoms with van der Waals surface area (Å²) >= 11 is 3.94. The standard InChI is InChI=1S/C23H15I2N3O7S/c1-34-21-11-14(9-15(13-26)23(29)27-17-4-2-3-16(24)12-17)10-20(25)22(21)35-36(32,33)19-7-5-18(6-8-19)28(30)31/h2-12H,1H3,(H,27,29)/b15-9+. The van der Waals surface area contributed by atoms with Gasteiger partial charge in [-0.3, -0.25) is 14.9 Å². The molecular weight excluding hydrogens is 716 g/mol. The molecule has 0 spiro atoms. The Labute approximate surface area is 233 Å². The van der Waals surface area contributed by atoms with Gasteiger partial charge in [-0.2, -0.15) is 13.7 Å². The van der Waals surface area contributed by atoms with Gasteiger partial charge in [0.2, 0.25) is 0 Å². The Morgan fingerprint density at radius 3 is 2.42 bits per heavy atom. The summed E-state index contributed by atoms with van der Waals surface area (Å²) in [7, 11) is -3.04. The molecule has 184 valence electrons. The number of carbonyl (C=O) groups excluding carboxylic acids is 1. The average molecular weight is 731 g/mol. The van der Waals surface area contributed by atoms with Crippen LogP contribution >= 0.6 is 45.2 Å². The number of nitro groups is 1. The number of nitrogens with one attached hydrogen (secondary N) is 1. The molecule has 0 unspecified atom stereocenters. The van der Waals surface area contributed by atoms with E-state index in [2.05, 4.69) is 27.9 Å². The zero-order valence-electron chi connectivity index (χ0n) is 18.3. The lowest BCUT2D eigenvalue weighted by atomic mass is 10.1. The molecule has 1 amide bonds. The molecule has 0 aliphatic carbocycles. The lowest BCUT2D eigenvalue weighted by molar-refractivity contribution is -0.384. The first-order chi connectivity index (χ1) is 17.0. The molecule has 0 radical (unpaired) electrons. The van der Waals surface area contributed by atoms with Gasteiger partial charge < -0.3 is 14.2 Å². The van der Waals surface area contributed by atoms with E-state index in [1.807, 2.05) is 34.7 Å². The second-order valence-corrected chi connectivity index (χ2v) is 10.9. The summed E-state index contributed by atoms with van der Waals surface area (Å²) in [5.41, 5.74) is 0.474. The number of nitriles is 1. The van der Waals surface area contributed by atoms with E-state index in [1.54, 1.807) is 18.2 Å². The van der Waals surface area contributed by atoms with E-state index >= 15 is 0 Å². The maximum atomic E-state index is 12.7. The van der Waals surface area contributed by atoms with Gasteiger partial charge in [0, 0.05) is 21.4 Å². The van der Waals surface area contributed by atoms with Crippen molar-refractivity contribution in [1.29, 1.82) is 5.26 Å². The molecule has 0 heterocycles. The highest BCUT2D eigenvalue weighted by atomic mass is 127. The maximum absolute atomic E-state index is 12.7. The monoisotopic (exact) mass is 731 g/mol. The first kappa shape index (κ1) is 27.4. The van der Waals surface area contributed by atoms with Crippen molar-refractivity contribution in [3.05, 3.63) is 89.1 Å². The highest BCUT2D eigenvalue weighted by Gasteiger charge is 2.23. The fourth-order valence-corrected chi connectivity index (χ4v) is 5.26. The Morgan fingerprint density at radius 2 is 1.83 bits per heavy atom. The van der Waals surface area contributed by atoms with Crippen LogP contribution in [0.2, 0.25) is 0 Å². The first-order valence-electron chi connectivity index (χ1n) is 9.79. The van der Waals surface area contributed by atoms with E-state index in [9.17, 15) is 28.6 Å². The van der Waals surface area contributed by atoms with Gasteiger partial charge in [0.25, 0.3) is 11.6 Å². The summed E-state index contributed by atoms with van der Waals surface area (Å²) in [6.45, 7) is 0. The summed E-state index contributed by atoms with van der Waals surface area (Å²) in [5.74, 6) is -0.695. The van der Waals surface area contributed by atoms with Gasteiger partial charge in [0.1, 0.15) is 16.5 Å². The number of halogens is 2. The van der Waals surface area contributed by atoms with Gasteiger partial charge in [-0.05, 0) is 99.3 Å². The van der Waals surface area contributed by atoms with Crippen LogP contribution in [0.25, 0.3) is 6.08 Å². The van der Waals surface area contributed by atoms with Crippen LogP contribution in [0.3, 0.4) is 0 Å². The van der Waals surface area contributed by atoms with Crippen LogP contribution in [0.5, 0.6) is 11.5 Å². The quantitative estimate of drug-likeness (QED) is 0.0838. The topological polar surface area (TPSA) is 149 Å². The van der Waals surface area contributed by atoms with Crippen molar-refractivity contribution >= 4 is 78.7 Å². The van der Waals surface area contributed by atoms with Gasteiger partial charge in [-0.25, -0.2) is 0 Å². The molecule has 3 aromatic carbocycles. The number of anilines is 1. The van der Waals surface area contributed by atoms with E-state index < -0.39 is 20.9 Å². The van der Waals surface area contributed by atoms with Crippen molar-refractivity contribution in [1.82, 2.24) is 0 Å². The van der Waals surface area contributed by atoms with Crippen molar-refractivity contribution in [2.75, 3.05) is 12.4 Å². The molecule has 0 fully saturated rings. The Kier molecular flexibility index (Phi) is 8.87. The molecule has 0 aromatic heterocycles. The third kappa shape index (κ3) is 6.71. The number of ether oxygens (including phenoxy) is 1. The van der Waals surface area contributed by atoms with Gasteiger partial charge in [-0.15, -0.1) is 0 Å². The average Bonchev–Trinajstić information content (AvgIpc) is 2.83. The number of carbonyl (C=O) groups is 1. The molecule has 3 aromatic rings. The molecule has 3 rings (SSSR count). The number of non-ortho nitro benzene ring substituents is 1. The summed E-state index contributed by atoms with van der Waals surface area (Å²) in [6, 6.07) is 16.1. The van der Waals surface area contributed by atoms with E-state index in [0.717, 1.165) is 27.8 Å². The van der Waals surface area contributed by atoms with E-state index in [0.29, 0.717) is 14.8 Å². The molecule has 0 bridgehead atoms. The summed E-state index contributed by atoms with van der Waals surface area (Å²) in [6.07, 6.45) is 1.34. The maximum Gasteiger partial charge on any atom is 0.339 e. The second kappa shape index (κ2) is 11.7. The predicted molar refractivity (Wildman–Crippen MR) is 148 cm³/mol. The van der Waals surface area contributed by atoms with Crippen molar-refractivity contribution < 1.29 is 27.1 Å². The molecular formula is C23H15I2N3O7S. The van der Waals surface area contributed by atoms with Crippen molar-refractivity contribution in [3.63, 3.8) is 0 Å². The Bertz CT molecular complexity index is 1520. The van der Waals surface area contributed by atoms with Gasteiger partial charge in [0.15, 0.2) is 11.5 Å². The second-order valence-electron chi connectivity index (χ2n) is 6.96. The van der Waals surface area contributed by atoms with E-state index in [4.69, 9.17) is 8.92 Å². The molecule has 0 atom stereocenters. The normalized spacial score (nSPS) is 11.3. The van der Waals surface area contributed by atoms with Crippen LogP contribution in [-0.2, 0) is 14.9 Å². The molecule has 13 heteroatoms. The Hall–Kier alpha value is -3.23. The van der Waals surface area contributed by atoms with E-state index in [1.165, 1.54) is 25.3 Å². The zero-order valence-corrected chi connectivity index (χ0v) is 23.4. The minimum Gasteiger partial charge on any atom is -0.493 e. The third-order valence-corrected chi connectivity index (χ3v) is 7.25. The Morgan fingerprint density at radius 1 is 1.14 bits per heavy atom. The minimum absolute atomic E-state index is 0.0361. The number of hydrogen-bond acceptors (Lipinski definition) is 8. The highest BCUT2D eigenvalue weighted by Crippen LogP contribution is 2.36. The SMILES string of the molecule is COc1cc(/C=C(\C#N)C(=O)Nc2cccc(I)c2)cc(I)c1OS(=O)(=O)c1ccc([N+](=O)[O-])cc1. The Balaban J connectivity index is 1.90. The van der Waals surface area contributed by atoms with Crippen LogP contribution in [0, 0.1) is 28.6 Å². The van der Waals surface area contributed by atoms with Crippen LogP contribution in [-0.4, -0.2) is 26.4 Å². The molecule has 0 aliphatic heterocycles. The van der Waals surface area contributed by atoms with Crippen LogP contribution < -0.4 is 14.2 Å². The van der Waals surface area contributed by atoms with Crippen molar-refractivity contribution in [3.8, 4) is 17.6 Å². The number of rotatable bonds is 8. The predicted octanol–water partition coefficient (Wildman–Crippen LogP) is 5.13. The van der Waals surface area contributed by atoms with Crippen LogP contribution in [0.4, 0.5) is 11.4 Å². The fraction of sp³-hybridized carbons (Fsp3) is 0.0435. The molecule has 0 saturated heterocycles. The zero-order chi connectivity index (χ0) is 26.5. The first-order valence-corrected chi connectivity index (χ1v) is 13.4. The number of amides is 1. The van der Waals surface area contributed by atoms with Gasteiger partial charge >= 0.3 is 10.1 Å². The number of benzene rings is 3. The largest absolute Gasteiger partial charge is 0.493 e. The summed E-state index contributed by atoms with van der Waals surface area (Å²) in [4.78, 5) is 22.5. The number of hydrogen-bond donors (Lipinski definition) is 1. The highest BCUT2D eigenvalue weighted by molar-refractivity contribution is 14.1. The molecule has 0 saturated carbocycles. The molecule has 0 aliphatic rings. The van der Waals surface area contributed by atoms with Crippen molar-refractivity contribution in [2.45, 2.75) is 4.90 Å². The van der Waals surface area contributed by atoms with Gasteiger partial charge in [-0.1, -0.05) is 6.07 Å². The van der Waals surface area contributed by atoms with Crippen LogP contribution in [0.15, 0.2) is 71.1 Å². The number of methoxy groups -OCH3 is 1. The van der Waals surface area contributed by atoms with E-state index in [-0.39, 0.29) is 27.7 Å². The van der Waals surface area contributed by atoms with Crippen molar-refractivity contribution in [2.24, 2.45) is 0 Å². The lowest BCUT2D eigenvalue weighted by Gasteiger charge is -2.13. The lowest BCUT2D eigenvalue weighted by Crippen LogP contribution is -2.13. The number of nitrogens with zero attached hydrogens (tertiary/aromatic N) is 2. The van der Waals surface area contributed by atoms with Crippen LogP contribution in [0.1, 0.15) is 5.56 Å². The number of nitro benzene ring substituents is 1. The fourth-order valence-electron chi connectivity index (χ4n) is 2.88. The molecule has 10 nitrogen and oxygen atoms in total. The summed E-state index contributed by atoms with van der Waals surface area (Å²) < 4.78 is 37.3. The third-order valence-electron chi connectivity index (χ3n) is 4.54. The van der Waals surface area contributed by atoms with Gasteiger partial charge in [0.05, 0.1) is 15.6 Å². The molecule has 1 N–H and O–H groups in total. The minimum atomic E-state index is -4.34. The smallest absolute Gasteiger partial charge is 0.339 e. The molecule has 36 heavy (non-hydrogen) atoms. The summed E-state index contributed by atoms with van der Waals surface area (Å²) in [5, 5.41) is 23.0.